The van der Waals surface area contributed by atoms with Gasteiger partial charge in [-0.25, -0.2) is 4.79 Å². The van der Waals surface area contributed by atoms with Gasteiger partial charge >= 0.3 is 30.7 Å². The second-order valence-electron chi connectivity index (χ2n) is 23.5. The van der Waals surface area contributed by atoms with Gasteiger partial charge in [0.15, 0.2) is 11.2 Å². The minimum Gasteiger partial charge on any atom is -0.458 e. The fraction of sp³-hybridized carbons (Fsp3) is 0.939. The molecule has 0 bridgehead atoms. The Morgan fingerprint density at radius 1 is 0.451 bits per heavy atom. The first-order chi connectivity index (χ1) is 31.1. The van der Waals surface area contributed by atoms with E-state index >= 15 is 0 Å². The molecule has 0 aliphatic heterocycles. The van der Waals surface area contributed by atoms with E-state index in [4.69, 9.17) is 23.7 Å². The van der Waals surface area contributed by atoms with Gasteiger partial charge in [0.05, 0.1) is 46.3 Å². The van der Waals surface area contributed by atoms with Gasteiger partial charge in [-0.1, -0.05) is 6.58 Å². The maximum atomic E-state index is 14.2. The Morgan fingerprint density at radius 3 is 0.930 bits per heavy atom. The van der Waals surface area contributed by atoms with Gasteiger partial charge in [0.1, 0.15) is 12.2 Å². The number of hydrogen-bond acceptors (Lipinski definition) is 10. The van der Waals surface area contributed by atoms with Crippen LogP contribution in [-0.4, -0.2) is 126 Å². The summed E-state index contributed by atoms with van der Waals surface area (Å²) in [5, 5.41) is 42.5. The number of halogens is 12. The minimum atomic E-state index is -6.28. The summed E-state index contributed by atoms with van der Waals surface area (Å²) in [7, 11) is 0. The molecule has 0 radical (unpaired) electrons. The molecule has 2 saturated carbocycles. The van der Waals surface area contributed by atoms with E-state index in [0.29, 0.717) is 20.8 Å². The fourth-order valence-electron chi connectivity index (χ4n) is 10.1. The maximum absolute atomic E-state index is 14.2. The Kier molecular flexibility index (Phi) is 19.5. The molecule has 0 aromatic carbocycles. The van der Waals surface area contributed by atoms with Crippen molar-refractivity contribution in [2.75, 3.05) is 0 Å². The van der Waals surface area contributed by atoms with E-state index in [9.17, 15) is 77.9 Å². The second-order valence-corrected chi connectivity index (χ2v) is 23.5. The Morgan fingerprint density at radius 2 is 0.704 bits per heavy atom. The molecule has 2 rings (SSSR count). The Balaban J connectivity index is 3.01. The van der Waals surface area contributed by atoms with Gasteiger partial charge < -0.3 is 44.1 Å². The van der Waals surface area contributed by atoms with Crippen molar-refractivity contribution >= 4 is 5.97 Å². The molecule has 0 aromatic rings. The normalized spacial score (nSPS) is 27.2. The fourth-order valence-corrected chi connectivity index (χ4v) is 10.1. The molecule has 4 N–H and O–H groups in total. The van der Waals surface area contributed by atoms with Crippen molar-refractivity contribution in [3.05, 3.63) is 12.2 Å². The number of carbonyl (C=O) groups excluding carboxylic acids is 1. The highest BCUT2D eigenvalue weighted by atomic mass is 19.4. The van der Waals surface area contributed by atoms with Crippen LogP contribution in [0, 0.1) is 35.5 Å². The Labute approximate surface area is 410 Å². The molecule has 0 spiro atoms. The van der Waals surface area contributed by atoms with Crippen LogP contribution in [0.15, 0.2) is 12.2 Å². The summed E-state index contributed by atoms with van der Waals surface area (Å²) in [5.74, 6) is -6.12. The summed E-state index contributed by atoms with van der Waals surface area (Å²) in [6.45, 7) is 24.8. The highest BCUT2D eigenvalue weighted by molar-refractivity contribution is 5.87. The molecule has 22 heteroatoms. The zero-order valence-electron chi connectivity index (χ0n) is 44.1. The topological polar surface area (TPSA) is 144 Å². The van der Waals surface area contributed by atoms with Gasteiger partial charge in [-0.2, -0.15) is 52.7 Å². The Bertz CT molecular complexity index is 1780. The monoisotopic (exact) mass is 1060 g/mol. The number of ether oxygens (including phenoxy) is 5. The summed E-state index contributed by atoms with van der Waals surface area (Å²) in [5.41, 5.74) is -19.9. The van der Waals surface area contributed by atoms with Crippen molar-refractivity contribution in [2.45, 2.75) is 256 Å². The van der Waals surface area contributed by atoms with E-state index < -0.39 is 142 Å². The third kappa shape index (κ3) is 14.7. The van der Waals surface area contributed by atoms with Crippen LogP contribution in [0.5, 0.6) is 0 Å². The van der Waals surface area contributed by atoms with Crippen molar-refractivity contribution in [2.24, 2.45) is 35.5 Å². The summed E-state index contributed by atoms with van der Waals surface area (Å²) >= 11 is 0. The first-order valence-electron chi connectivity index (χ1n) is 23.9. The smallest absolute Gasteiger partial charge is 0.428 e. The lowest BCUT2D eigenvalue weighted by atomic mass is 9.59. The van der Waals surface area contributed by atoms with Crippen LogP contribution in [0.4, 0.5) is 52.7 Å². The van der Waals surface area contributed by atoms with Crippen LogP contribution in [0.1, 0.15) is 156 Å². The highest BCUT2D eigenvalue weighted by Gasteiger charge is 2.74. The molecule has 0 saturated heterocycles. The van der Waals surface area contributed by atoms with Crippen molar-refractivity contribution in [1.82, 2.24) is 0 Å². The van der Waals surface area contributed by atoms with E-state index in [1.165, 1.54) is 62.3 Å². The van der Waals surface area contributed by atoms with Crippen LogP contribution in [-0.2, 0) is 28.5 Å². The maximum Gasteiger partial charge on any atom is 0.428 e. The van der Waals surface area contributed by atoms with Crippen LogP contribution in [0.3, 0.4) is 0 Å². The van der Waals surface area contributed by atoms with Crippen LogP contribution < -0.4 is 0 Å². The molecule has 13 atom stereocenters. The average Bonchev–Trinajstić information content (AvgIpc) is 3.16. The van der Waals surface area contributed by atoms with Crippen LogP contribution >= 0.6 is 0 Å². The molecular weight excluding hydrogens is 977 g/mol. The molecule has 0 aromatic heterocycles. The molecule has 13 unspecified atom stereocenters. The van der Waals surface area contributed by atoms with E-state index in [0.717, 1.165) is 13.8 Å². The van der Waals surface area contributed by atoms with Gasteiger partial charge in [-0.15, -0.1) is 0 Å². The number of hydrogen-bond donors (Lipinski definition) is 4. The molecule has 2 aliphatic rings. The molecule has 71 heavy (non-hydrogen) atoms. The molecule has 0 amide bonds. The molecule has 420 valence electrons. The Hall–Kier alpha value is -1.95. The first-order valence-corrected chi connectivity index (χ1v) is 23.9. The predicted molar refractivity (Wildman–Crippen MR) is 239 cm³/mol. The highest BCUT2D eigenvalue weighted by Crippen LogP contribution is 2.55. The quantitative estimate of drug-likeness (QED) is 0.0528. The van der Waals surface area contributed by atoms with Gasteiger partial charge in [0.2, 0.25) is 0 Å². The number of rotatable bonds is 20. The largest absolute Gasteiger partial charge is 0.458 e. The van der Waals surface area contributed by atoms with Gasteiger partial charge in [-0.05, 0) is 192 Å². The lowest BCUT2D eigenvalue weighted by Crippen LogP contribution is -2.65. The summed E-state index contributed by atoms with van der Waals surface area (Å²) in [6.07, 6.45) is -31.8. The van der Waals surface area contributed by atoms with Gasteiger partial charge in [0.25, 0.3) is 5.60 Å². The van der Waals surface area contributed by atoms with Gasteiger partial charge in [-0.3, -0.25) is 0 Å². The second kappa shape index (κ2) is 21.2. The number of alkyl halides is 12. The lowest BCUT2D eigenvalue weighted by Gasteiger charge is -2.53. The third-order valence-electron chi connectivity index (χ3n) is 16.0. The lowest BCUT2D eigenvalue weighted by molar-refractivity contribution is -0.399. The number of carbonyl (C=O) groups is 1. The zero-order valence-corrected chi connectivity index (χ0v) is 44.1. The minimum absolute atomic E-state index is 0.0357. The van der Waals surface area contributed by atoms with Crippen molar-refractivity contribution in [3.63, 3.8) is 0 Å². The standard InChI is InChI=1S/C49H80F12O10/c1-25(2)37(62)67-36(30-19-32(39(9,10)68-26(3)38(7,8)63)23-33(20-30)40(11,12)69-27(4)43(17,64)46(50,51)52)31-21-34(41(13,14)70-28(5)44(18,65)47(53,54)55)24-35(22-31)42(15,16)71-29(6)45(66,48(56,57)58)49(59,60)61/h26-36,63-66H,1,19-24H2,2-18H3. The SMILES string of the molecule is C=C(C)C(=O)OC(C1CC(C(C)(C)OC(C)C(C)(C)O)CC(C(C)(C)OC(C)C(C)(O)C(F)(F)F)C1)C1CC(C(C)(C)OC(C)C(C)(O)C(F)(F)F)CC(C(C)(C)OC(C)C(O)(C(F)(F)F)C(F)(F)F)C1. The van der Waals surface area contributed by atoms with Crippen LogP contribution in [0.2, 0.25) is 0 Å². The molecular formula is C49H80F12O10. The summed E-state index contributed by atoms with van der Waals surface area (Å²) in [4.78, 5) is 13.8. The zero-order chi connectivity index (χ0) is 56.3. The molecule has 10 nitrogen and oxygen atoms in total. The van der Waals surface area contributed by atoms with Gasteiger partial charge in [0, 0.05) is 5.57 Å². The molecule has 2 aliphatic carbocycles. The van der Waals surface area contributed by atoms with E-state index in [-0.39, 0.29) is 44.1 Å². The number of esters is 1. The number of aliphatic hydroxyl groups is 4. The van der Waals surface area contributed by atoms with Crippen LogP contribution in [0.25, 0.3) is 0 Å². The first kappa shape index (κ1) is 65.2. The van der Waals surface area contributed by atoms with E-state index in [2.05, 4.69) is 6.58 Å². The van der Waals surface area contributed by atoms with Crippen molar-refractivity contribution in [1.29, 1.82) is 0 Å². The van der Waals surface area contributed by atoms with E-state index in [1.54, 1.807) is 20.8 Å². The van der Waals surface area contributed by atoms with E-state index in [1.807, 2.05) is 0 Å². The molecule has 0 heterocycles. The predicted octanol–water partition coefficient (Wildman–Crippen LogP) is 11.5. The van der Waals surface area contributed by atoms with Crippen molar-refractivity contribution < 1.29 is 102 Å². The third-order valence-corrected chi connectivity index (χ3v) is 16.0. The average molecular weight is 1060 g/mol. The summed E-state index contributed by atoms with van der Waals surface area (Å²) in [6, 6.07) is 0. The summed E-state index contributed by atoms with van der Waals surface area (Å²) < 4.78 is 200. The molecule has 2 fully saturated rings. The van der Waals surface area contributed by atoms with Crippen molar-refractivity contribution in [3.8, 4) is 0 Å².